The molecule has 3 aromatic heterocycles. The Labute approximate surface area is 259 Å². The van der Waals surface area contributed by atoms with Gasteiger partial charge in [0, 0.05) is 49.7 Å². The summed E-state index contributed by atoms with van der Waals surface area (Å²) in [5.74, 6) is 0.697. The van der Waals surface area contributed by atoms with Crippen LogP contribution in [0.2, 0.25) is 0 Å². The van der Waals surface area contributed by atoms with Crippen LogP contribution in [-0.4, -0.2) is 80.1 Å². The number of Topliss-reactive ketones (excluding diaryl/α,β-unsaturated/α-hetero) is 1. The van der Waals surface area contributed by atoms with E-state index in [0.29, 0.717) is 53.1 Å². The van der Waals surface area contributed by atoms with E-state index in [2.05, 4.69) is 15.2 Å². The van der Waals surface area contributed by atoms with E-state index in [1.807, 2.05) is 50.4 Å². The number of nitrogens with zero attached hydrogens (tertiary/aromatic N) is 6. The summed E-state index contributed by atoms with van der Waals surface area (Å²) in [6.45, 7) is 12.2. The van der Waals surface area contributed by atoms with E-state index in [9.17, 15) is 14.4 Å². The van der Waals surface area contributed by atoms with E-state index in [-0.39, 0.29) is 24.0 Å². The summed E-state index contributed by atoms with van der Waals surface area (Å²) in [6, 6.07) is 7.40. The Kier molecular flexibility index (Phi) is 8.97. The van der Waals surface area contributed by atoms with E-state index >= 15 is 0 Å². The molecule has 4 heterocycles. The third-order valence-corrected chi connectivity index (χ3v) is 8.10. The smallest absolute Gasteiger partial charge is 0.410 e. The Morgan fingerprint density at radius 3 is 2.39 bits per heavy atom. The number of ketones is 1. The molecule has 13 heteroatoms. The number of fused-ring (bicyclic) bond motifs is 1. The molecular formula is C31H37N7O5S. The molecule has 0 saturated carbocycles. The normalized spacial score (nSPS) is 14.1. The number of carbonyl (C=O) groups is 2. The van der Waals surface area contributed by atoms with Crippen molar-refractivity contribution < 1.29 is 19.1 Å². The van der Waals surface area contributed by atoms with E-state index in [4.69, 9.17) is 19.4 Å². The quantitative estimate of drug-likeness (QED) is 0.279. The van der Waals surface area contributed by atoms with Crippen molar-refractivity contribution in [2.24, 2.45) is 0 Å². The predicted molar refractivity (Wildman–Crippen MR) is 169 cm³/mol. The number of piperazine rings is 1. The molecule has 1 amide bonds. The molecule has 0 aliphatic carbocycles. The highest BCUT2D eigenvalue weighted by Crippen LogP contribution is 2.24. The summed E-state index contributed by atoms with van der Waals surface area (Å²) in [6.07, 6.45) is 1.35. The zero-order chi connectivity index (χ0) is 31.6. The molecule has 1 fully saturated rings. The van der Waals surface area contributed by atoms with Crippen molar-refractivity contribution in [1.29, 1.82) is 0 Å². The summed E-state index contributed by atoms with van der Waals surface area (Å²) in [7, 11) is 1.60. The number of ether oxygens (including phenoxy) is 2. The van der Waals surface area contributed by atoms with Crippen LogP contribution in [0.5, 0.6) is 5.75 Å². The first-order chi connectivity index (χ1) is 20.9. The van der Waals surface area contributed by atoms with Gasteiger partial charge in [0.1, 0.15) is 17.0 Å². The fourth-order valence-electron chi connectivity index (χ4n) is 5.08. The van der Waals surface area contributed by atoms with Gasteiger partial charge in [0.05, 0.1) is 24.9 Å². The number of rotatable bonds is 8. The van der Waals surface area contributed by atoms with Crippen molar-refractivity contribution in [1.82, 2.24) is 29.3 Å². The number of hydrogen-bond donors (Lipinski definition) is 1. The monoisotopic (exact) mass is 619 g/mol. The van der Waals surface area contributed by atoms with E-state index in [0.717, 1.165) is 24.3 Å². The van der Waals surface area contributed by atoms with E-state index < -0.39 is 11.2 Å². The molecule has 1 N–H and O–H groups in total. The van der Waals surface area contributed by atoms with Crippen LogP contribution in [-0.2, 0) is 17.8 Å². The fourth-order valence-corrected chi connectivity index (χ4v) is 5.78. The number of anilines is 2. The van der Waals surface area contributed by atoms with Gasteiger partial charge in [-0.3, -0.25) is 24.4 Å². The number of aromatic nitrogens is 4. The Morgan fingerprint density at radius 2 is 1.75 bits per heavy atom. The number of amides is 1. The average molecular weight is 620 g/mol. The largest absolute Gasteiger partial charge is 0.497 e. The Hall–Kier alpha value is -4.36. The van der Waals surface area contributed by atoms with Crippen molar-refractivity contribution in [3.63, 3.8) is 0 Å². The van der Waals surface area contributed by atoms with Crippen LogP contribution >= 0.6 is 11.3 Å². The maximum Gasteiger partial charge on any atom is 0.410 e. The van der Waals surface area contributed by atoms with Gasteiger partial charge >= 0.3 is 6.09 Å². The van der Waals surface area contributed by atoms with Crippen molar-refractivity contribution in [3.05, 3.63) is 68.6 Å². The highest BCUT2D eigenvalue weighted by molar-refractivity contribution is 7.13. The number of methoxy groups -OCH3 is 1. The fraction of sp³-hybridized carbons (Fsp3) is 0.419. The maximum absolute atomic E-state index is 13.5. The van der Waals surface area contributed by atoms with Crippen LogP contribution in [0.15, 0.2) is 40.6 Å². The topological polar surface area (TPSA) is 132 Å². The van der Waals surface area contributed by atoms with E-state index in [1.54, 1.807) is 25.1 Å². The highest BCUT2D eigenvalue weighted by atomic mass is 32.1. The zero-order valence-electron chi connectivity index (χ0n) is 25.8. The molecule has 0 spiro atoms. The van der Waals surface area contributed by atoms with Gasteiger partial charge in [0.25, 0.3) is 5.56 Å². The second kappa shape index (κ2) is 12.7. The lowest BCUT2D eigenvalue weighted by atomic mass is 10.0. The molecule has 1 aliphatic heterocycles. The van der Waals surface area contributed by atoms with Crippen molar-refractivity contribution in [2.45, 2.75) is 53.3 Å². The summed E-state index contributed by atoms with van der Waals surface area (Å²) in [5, 5.41) is 6.40. The van der Waals surface area contributed by atoms with Crippen LogP contribution in [0.3, 0.4) is 0 Å². The van der Waals surface area contributed by atoms with Crippen LogP contribution < -0.4 is 15.6 Å². The van der Waals surface area contributed by atoms with Crippen LogP contribution in [0, 0.1) is 6.92 Å². The van der Waals surface area contributed by atoms with Crippen molar-refractivity contribution in [2.75, 3.05) is 38.6 Å². The molecule has 44 heavy (non-hydrogen) atoms. The number of hydrogen-bond acceptors (Lipinski definition) is 11. The Balaban J connectivity index is 1.33. The molecule has 0 unspecified atom stereocenters. The number of carbonyl (C=O) groups excluding carboxylic acids is 2. The Bertz CT molecular complexity index is 1740. The third kappa shape index (κ3) is 7.05. The summed E-state index contributed by atoms with van der Waals surface area (Å²) < 4.78 is 12.3. The number of benzene rings is 1. The lowest BCUT2D eigenvalue weighted by Crippen LogP contribution is -2.49. The molecule has 0 atom stereocenters. The van der Waals surface area contributed by atoms with Crippen LogP contribution in [0.4, 0.5) is 15.9 Å². The van der Waals surface area contributed by atoms with Gasteiger partial charge in [-0.05, 0) is 57.9 Å². The minimum atomic E-state index is -0.517. The SMILES string of the molecule is COc1ccc(Cn2c(=O)c(C(C)=O)c(C)c3cnc(Nc4nc(CN5CCN(C(=O)OC(C)(C)C)CC5)cs4)nc32)cc1. The van der Waals surface area contributed by atoms with E-state index in [1.165, 1.54) is 22.8 Å². The highest BCUT2D eigenvalue weighted by Gasteiger charge is 2.26. The van der Waals surface area contributed by atoms with Gasteiger partial charge in [-0.2, -0.15) is 4.98 Å². The Morgan fingerprint density at radius 1 is 1.05 bits per heavy atom. The molecule has 5 rings (SSSR count). The minimum absolute atomic E-state index is 0.131. The summed E-state index contributed by atoms with van der Waals surface area (Å²) in [5.41, 5.74) is 1.94. The van der Waals surface area contributed by atoms with Crippen LogP contribution in [0.1, 0.15) is 54.9 Å². The number of thiazole rings is 1. The number of nitrogens with one attached hydrogen (secondary N) is 1. The molecule has 1 aromatic carbocycles. The lowest BCUT2D eigenvalue weighted by Gasteiger charge is -2.35. The second-order valence-corrected chi connectivity index (χ2v) is 12.6. The molecule has 12 nitrogen and oxygen atoms in total. The van der Waals surface area contributed by atoms with Gasteiger partial charge in [0.2, 0.25) is 5.95 Å². The minimum Gasteiger partial charge on any atom is -0.497 e. The number of pyridine rings is 1. The summed E-state index contributed by atoms with van der Waals surface area (Å²) >= 11 is 1.43. The first-order valence-electron chi connectivity index (χ1n) is 14.4. The molecule has 1 aliphatic rings. The van der Waals surface area contributed by atoms with Gasteiger partial charge in [0.15, 0.2) is 10.9 Å². The predicted octanol–water partition coefficient (Wildman–Crippen LogP) is 4.61. The molecule has 0 radical (unpaired) electrons. The van der Waals surface area contributed by atoms with Gasteiger partial charge in [-0.15, -0.1) is 11.3 Å². The first kappa shape index (κ1) is 31.1. The third-order valence-electron chi connectivity index (χ3n) is 7.29. The van der Waals surface area contributed by atoms with Crippen molar-refractivity contribution in [3.8, 4) is 5.75 Å². The van der Waals surface area contributed by atoms with Gasteiger partial charge < -0.3 is 14.4 Å². The molecular weight excluding hydrogens is 582 g/mol. The second-order valence-electron chi connectivity index (χ2n) is 11.7. The first-order valence-corrected chi connectivity index (χ1v) is 15.3. The zero-order valence-corrected chi connectivity index (χ0v) is 26.7. The lowest BCUT2D eigenvalue weighted by molar-refractivity contribution is 0.0138. The van der Waals surface area contributed by atoms with Crippen LogP contribution in [0.25, 0.3) is 11.0 Å². The number of aryl methyl sites for hydroxylation is 1. The average Bonchev–Trinajstić information content (AvgIpc) is 3.41. The molecule has 1 saturated heterocycles. The van der Waals surface area contributed by atoms with Crippen molar-refractivity contribution >= 4 is 45.3 Å². The standard InChI is InChI=1S/C31H37N7O5S/c1-19-24-15-32-28(34-26(24)38(27(40)25(19)20(2)39)16-21-7-9-23(42-6)10-8-21)35-29-33-22(18-44-29)17-36-11-13-37(14-12-36)30(41)43-31(3,4)5/h7-10,15,18H,11-14,16-17H2,1-6H3,(H,32,33,34,35). The van der Waals surface area contributed by atoms with Gasteiger partial charge in [-0.1, -0.05) is 12.1 Å². The van der Waals surface area contributed by atoms with Gasteiger partial charge in [-0.25, -0.2) is 14.8 Å². The molecule has 0 bridgehead atoms. The summed E-state index contributed by atoms with van der Waals surface area (Å²) in [4.78, 5) is 56.3. The maximum atomic E-state index is 13.5. The molecule has 4 aromatic rings. The molecule has 232 valence electrons.